The van der Waals surface area contributed by atoms with Crippen LogP contribution in [-0.2, 0) is 17.6 Å². The Morgan fingerprint density at radius 1 is 1.33 bits per heavy atom. The number of nitriles is 1. The molecule has 5 rings (SSSR count). The molecule has 0 unspecified atom stereocenters. The lowest BCUT2D eigenvalue weighted by Gasteiger charge is -2.33. The van der Waals surface area contributed by atoms with Gasteiger partial charge in [0.05, 0.1) is 23.4 Å². The van der Waals surface area contributed by atoms with Gasteiger partial charge in [-0.15, -0.1) is 22.7 Å². The van der Waals surface area contributed by atoms with Gasteiger partial charge in [0.1, 0.15) is 27.2 Å². The number of thiazole rings is 1. The van der Waals surface area contributed by atoms with E-state index >= 15 is 0 Å². The van der Waals surface area contributed by atoms with Gasteiger partial charge < -0.3 is 14.5 Å². The number of carbonyl (C=O) groups is 1. The van der Waals surface area contributed by atoms with Gasteiger partial charge in [-0.1, -0.05) is 39.0 Å². The summed E-state index contributed by atoms with van der Waals surface area (Å²) in [5.41, 5.74) is 2.90. The van der Waals surface area contributed by atoms with Crippen LogP contribution in [0.4, 0.5) is 5.00 Å². The fourth-order valence-corrected chi connectivity index (χ4v) is 6.96. The van der Waals surface area contributed by atoms with Crippen molar-refractivity contribution in [3.63, 3.8) is 0 Å². The first-order valence-electron chi connectivity index (χ1n) is 12.9. The van der Waals surface area contributed by atoms with E-state index in [1.165, 1.54) is 16.2 Å². The van der Waals surface area contributed by atoms with Crippen molar-refractivity contribution < 1.29 is 13.9 Å². The summed E-state index contributed by atoms with van der Waals surface area (Å²) in [4.78, 5) is 31.3. The van der Waals surface area contributed by atoms with E-state index in [9.17, 15) is 14.9 Å². The molecule has 0 saturated carbocycles. The largest absolute Gasteiger partial charge is 0.462 e. The number of para-hydroxylation sites is 1. The number of benzene rings is 1. The van der Waals surface area contributed by atoms with Crippen LogP contribution in [0, 0.1) is 22.7 Å². The summed E-state index contributed by atoms with van der Waals surface area (Å²) < 4.78 is 10.8. The summed E-state index contributed by atoms with van der Waals surface area (Å²) in [6, 6.07) is 11.2. The van der Waals surface area contributed by atoms with Crippen LogP contribution in [0.1, 0.15) is 59.9 Å². The molecule has 200 valence electrons. The minimum absolute atomic E-state index is 0.179. The molecule has 3 heterocycles. The van der Waals surface area contributed by atoms with E-state index in [2.05, 4.69) is 37.1 Å². The maximum Gasteiger partial charge on any atom is 0.345 e. The fraction of sp³-hybridized carbons (Fsp3) is 0.333. The van der Waals surface area contributed by atoms with E-state index in [1.807, 2.05) is 18.2 Å². The minimum atomic E-state index is -0.483. The van der Waals surface area contributed by atoms with Crippen LogP contribution in [0.5, 0.6) is 0 Å². The Bertz CT molecular complexity index is 1680. The fourth-order valence-electron chi connectivity index (χ4n) is 4.89. The van der Waals surface area contributed by atoms with Crippen LogP contribution < -0.4 is 10.9 Å². The summed E-state index contributed by atoms with van der Waals surface area (Å²) in [5.74, 6) is 0.177. The van der Waals surface area contributed by atoms with E-state index < -0.39 is 5.63 Å². The molecule has 1 atom stereocenters. The summed E-state index contributed by atoms with van der Waals surface area (Å²) >= 11 is 2.82. The molecule has 0 spiro atoms. The number of rotatable bonds is 6. The Kier molecular flexibility index (Phi) is 7.43. The highest BCUT2D eigenvalue weighted by Gasteiger charge is 2.34. The first kappa shape index (κ1) is 26.9. The van der Waals surface area contributed by atoms with Crippen molar-refractivity contribution in [2.45, 2.75) is 47.0 Å². The van der Waals surface area contributed by atoms with Crippen LogP contribution in [0.25, 0.3) is 27.8 Å². The predicted molar refractivity (Wildman–Crippen MR) is 156 cm³/mol. The quantitative estimate of drug-likeness (QED) is 0.150. The number of carbonyl (C=O) groups excluding carboxylic acids is 1. The van der Waals surface area contributed by atoms with Crippen molar-refractivity contribution in [2.75, 3.05) is 11.9 Å². The number of thiophene rings is 1. The number of hydrogen-bond acceptors (Lipinski definition) is 9. The molecule has 3 aromatic heterocycles. The number of allylic oxidation sites excluding steroid dienone is 1. The standard InChI is InChI=1S/C30H29N3O4S2/c1-5-36-29(35)25-20-11-10-19(30(2,3)4)13-24(20)39-27(25)32-15-18(14-31)26-33-22(16-38-26)21-12-17-8-6-7-9-23(17)37-28(21)34/h6-9,12,15-16,19,32H,5,10-11,13H2,1-4H3/b18-15+/t19-/m0/s1. The first-order valence-corrected chi connectivity index (χ1v) is 14.6. The molecular formula is C30H29N3O4S2. The Hall–Kier alpha value is -3.74. The van der Waals surface area contributed by atoms with Gasteiger partial charge >= 0.3 is 11.6 Å². The van der Waals surface area contributed by atoms with Gasteiger partial charge in [-0.25, -0.2) is 14.6 Å². The van der Waals surface area contributed by atoms with Crippen molar-refractivity contribution in [3.8, 4) is 17.3 Å². The molecule has 39 heavy (non-hydrogen) atoms. The molecule has 4 aromatic rings. The highest BCUT2D eigenvalue weighted by Crippen LogP contribution is 2.44. The number of fused-ring (bicyclic) bond motifs is 2. The lowest BCUT2D eigenvalue weighted by Crippen LogP contribution is -2.26. The summed E-state index contributed by atoms with van der Waals surface area (Å²) in [7, 11) is 0. The van der Waals surface area contributed by atoms with Crippen LogP contribution in [0.2, 0.25) is 0 Å². The molecule has 1 aromatic carbocycles. The topological polar surface area (TPSA) is 105 Å². The number of ether oxygens (including phenoxy) is 1. The third-order valence-corrected chi connectivity index (χ3v) is 9.15. The predicted octanol–water partition coefficient (Wildman–Crippen LogP) is 7.28. The normalized spacial score (nSPS) is 15.6. The maximum absolute atomic E-state index is 13.0. The van der Waals surface area contributed by atoms with E-state index in [0.29, 0.717) is 43.9 Å². The highest BCUT2D eigenvalue weighted by atomic mass is 32.1. The summed E-state index contributed by atoms with van der Waals surface area (Å²) in [6.45, 7) is 8.86. The zero-order valence-electron chi connectivity index (χ0n) is 22.3. The van der Waals surface area contributed by atoms with Gasteiger partial charge in [0.25, 0.3) is 0 Å². The van der Waals surface area contributed by atoms with Crippen molar-refractivity contribution in [3.05, 3.63) is 73.3 Å². The highest BCUT2D eigenvalue weighted by molar-refractivity contribution is 7.16. The van der Waals surface area contributed by atoms with Crippen LogP contribution in [0.3, 0.4) is 0 Å². The number of aromatic nitrogens is 1. The van der Waals surface area contributed by atoms with Gasteiger partial charge in [-0.05, 0) is 55.2 Å². The number of esters is 1. The second-order valence-electron chi connectivity index (χ2n) is 10.6. The minimum Gasteiger partial charge on any atom is -0.462 e. The van der Waals surface area contributed by atoms with Crippen LogP contribution in [-0.4, -0.2) is 17.6 Å². The molecule has 0 fully saturated rings. The Balaban J connectivity index is 1.46. The second-order valence-corrected chi connectivity index (χ2v) is 12.5. The number of nitrogens with zero attached hydrogens (tertiary/aromatic N) is 2. The average Bonchev–Trinajstić information content (AvgIpc) is 3.53. The SMILES string of the molecule is CCOC(=O)c1c(N/C=C(\C#N)c2nc(-c3cc4ccccc4oc3=O)cs2)sc2c1CC[C@H](C(C)(C)C)C2. The zero-order valence-corrected chi connectivity index (χ0v) is 23.9. The molecule has 1 aliphatic carbocycles. The molecule has 1 N–H and O–H groups in total. The average molecular weight is 560 g/mol. The third kappa shape index (κ3) is 5.40. The number of hydrogen-bond donors (Lipinski definition) is 1. The van der Waals surface area contributed by atoms with E-state index in [-0.39, 0.29) is 18.0 Å². The van der Waals surface area contributed by atoms with Crippen molar-refractivity contribution in [1.82, 2.24) is 4.98 Å². The van der Waals surface area contributed by atoms with Crippen molar-refractivity contribution >= 4 is 50.2 Å². The van der Waals surface area contributed by atoms with Gasteiger partial charge in [-0.2, -0.15) is 5.26 Å². The summed E-state index contributed by atoms with van der Waals surface area (Å²) in [6.07, 6.45) is 4.33. The molecule has 1 aliphatic rings. The molecular weight excluding hydrogens is 530 g/mol. The lowest BCUT2D eigenvalue weighted by atomic mass is 9.72. The van der Waals surface area contributed by atoms with E-state index in [4.69, 9.17) is 9.15 Å². The third-order valence-electron chi connectivity index (χ3n) is 7.09. The Morgan fingerprint density at radius 3 is 2.87 bits per heavy atom. The van der Waals surface area contributed by atoms with Crippen molar-refractivity contribution in [1.29, 1.82) is 5.26 Å². The molecule has 0 amide bonds. The Morgan fingerprint density at radius 2 is 2.13 bits per heavy atom. The molecule has 0 radical (unpaired) electrons. The number of anilines is 1. The zero-order chi connectivity index (χ0) is 27.7. The maximum atomic E-state index is 13.0. The van der Waals surface area contributed by atoms with Gasteiger partial charge in [0.15, 0.2) is 0 Å². The molecule has 0 saturated heterocycles. The second kappa shape index (κ2) is 10.8. The number of nitrogens with one attached hydrogen (secondary N) is 1. The molecule has 0 aliphatic heterocycles. The monoisotopic (exact) mass is 559 g/mol. The molecule has 0 bridgehead atoms. The van der Waals surface area contributed by atoms with Crippen LogP contribution in [0.15, 0.2) is 51.1 Å². The molecule has 9 heteroatoms. The van der Waals surface area contributed by atoms with E-state index in [0.717, 1.165) is 30.2 Å². The smallest absolute Gasteiger partial charge is 0.345 e. The Labute approximate surface area is 234 Å². The van der Waals surface area contributed by atoms with Gasteiger partial charge in [0.2, 0.25) is 0 Å². The van der Waals surface area contributed by atoms with Crippen LogP contribution >= 0.6 is 22.7 Å². The first-order chi connectivity index (χ1) is 18.7. The van der Waals surface area contributed by atoms with Crippen molar-refractivity contribution in [2.24, 2.45) is 11.3 Å². The summed E-state index contributed by atoms with van der Waals surface area (Å²) in [5, 5.41) is 16.8. The molecule has 7 nitrogen and oxygen atoms in total. The van der Waals surface area contributed by atoms with E-state index in [1.54, 1.807) is 42.0 Å². The lowest BCUT2D eigenvalue weighted by molar-refractivity contribution is 0.0526. The van der Waals surface area contributed by atoms with Gasteiger partial charge in [0, 0.05) is 21.8 Å². The van der Waals surface area contributed by atoms with Gasteiger partial charge in [-0.3, -0.25) is 0 Å².